The summed E-state index contributed by atoms with van der Waals surface area (Å²) in [7, 11) is 0. The molecule has 3 heteroatoms. The predicted octanol–water partition coefficient (Wildman–Crippen LogP) is 0.679. The Hall–Kier alpha value is 0.517. The third-order valence-electron chi connectivity index (χ3n) is 2.44. The van der Waals surface area contributed by atoms with Gasteiger partial charge in [-0.2, -0.15) is 6.61 Å². The van der Waals surface area contributed by atoms with Gasteiger partial charge in [0.25, 0.3) is 0 Å². The van der Waals surface area contributed by atoms with Crippen LogP contribution in [0.4, 0.5) is 0 Å². The van der Waals surface area contributed by atoms with Crippen molar-refractivity contribution in [2.45, 2.75) is 71.5 Å². The van der Waals surface area contributed by atoms with Gasteiger partial charge in [0.15, 0.2) is 0 Å². The van der Waals surface area contributed by atoms with Gasteiger partial charge >= 0.3 is 18.9 Å². The third-order valence-corrected chi connectivity index (χ3v) is 2.44. The van der Waals surface area contributed by atoms with E-state index in [-0.39, 0.29) is 25.0 Å². The molecule has 0 aromatic rings. The molecule has 0 aromatic heterocycles. The van der Waals surface area contributed by atoms with E-state index in [9.17, 15) is 0 Å². The van der Waals surface area contributed by atoms with Gasteiger partial charge in [0.2, 0.25) is 0 Å². The van der Waals surface area contributed by atoms with E-state index >= 15 is 0 Å². The second kappa shape index (κ2) is 12.6. The van der Waals surface area contributed by atoms with E-state index in [2.05, 4.69) is 20.8 Å². The van der Waals surface area contributed by atoms with Crippen LogP contribution in [0.3, 0.4) is 0 Å². The molecule has 0 fully saturated rings. The fourth-order valence-corrected chi connectivity index (χ4v) is 1.52. The zero-order valence-corrected chi connectivity index (χ0v) is 10.8. The zero-order chi connectivity index (χ0) is 10.8. The minimum absolute atomic E-state index is 0. The van der Waals surface area contributed by atoms with Crippen LogP contribution in [0.15, 0.2) is 0 Å². The number of hydrogen-bond acceptors (Lipinski definition) is 2. The fourth-order valence-electron chi connectivity index (χ4n) is 1.52. The minimum atomic E-state index is -0.0635. The molecule has 2 unspecified atom stereocenters. The molecule has 0 bridgehead atoms. The van der Waals surface area contributed by atoms with Crippen molar-refractivity contribution in [1.82, 2.24) is 0 Å². The fraction of sp³-hybridized carbons (Fsp3) is 0.917. The van der Waals surface area contributed by atoms with Gasteiger partial charge in [0, 0.05) is 0 Å². The van der Waals surface area contributed by atoms with Gasteiger partial charge in [0.1, 0.15) is 0 Å². The molecule has 0 aliphatic rings. The molecule has 0 aliphatic carbocycles. The second-order valence-corrected chi connectivity index (χ2v) is 3.78. The molecule has 1 N–H and O–H groups in total. The Balaban J connectivity index is 0. The summed E-state index contributed by atoms with van der Waals surface area (Å²) in [6, 6.07) is 0. The number of unbranched alkanes of at least 4 members (excludes halogenated alkanes) is 1. The largest absolute Gasteiger partial charge is 1.00 e. The predicted molar refractivity (Wildman–Crippen MR) is 59.6 cm³/mol. The number of ether oxygens (including phenoxy) is 1. The van der Waals surface area contributed by atoms with Gasteiger partial charge in [-0.05, 0) is 18.9 Å². The molecule has 0 spiro atoms. The van der Waals surface area contributed by atoms with E-state index in [0.717, 1.165) is 38.5 Å². The molecule has 0 aliphatic heterocycles. The maximum absolute atomic E-state index is 9.02. The summed E-state index contributed by atoms with van der Waals surface area (Å²) in [6.07, 6.45) is 6.72. The van der Waals surface area contributed by atoms with Crippen LogP contribution >= 0.6 is 0 Å². The maximum atomic E-state index is 9.02. The van der Waals surface area contributed by atoms with Crippen molar-refractivity contribution < 1.29 is 28.7 Å². The Morgan fingerprint density at radius 1 is 1.13 bits per heavy atom. The summed E-state index contributed by atoms with van der Waals surface area (Å²) in [5.74, 6) is 0. The Morgan fingerprint density at radius 3 is 2.20 bits per heavy atom. The molecule has 2 atom stereocenters. The van der Waals surface area contributed by atoms with E-state index in [0.29, 0.717) is 6.10 Å². The number of hydrogen-bond donors (Lipinski definition) is 1. The van der Waals surface area contributed by atoms with Gasteiger partial charge in [-0.3, -0.25) is 0 Å². The van der Waals surface area contributed by atoms with Gasteiger partial charge in [-0.15, -0.1) is 0 Å². The van der Waals surface area contributed by atoms with E-state index in [1.807, 2.05) is 0 Å². The SMILES string of the molecule is CCCCC([CH-]O)OC(CC)CCC.[Li+]. The number of rotatable bonds is 9. The quantitative estimate of drug-likeness (QED) is 0.446. The van der Waals surface area contributed by atoms with Crippen LogP contribution in [0.5, 0.6) is 0 Å². The van der Waals surface area contributed by atoms with E-state index in [1.165, 1.54) is 6.61 Å². The van der Waals surface area contributed by atoms with Gasteiger partial charge < -0.3 is 9.84 Å². The van der Waals surface area contributed by atoms with E-state index in [1.54, 1.807) is 0 Å². The maximum Gasteiger partial charge on any atom is 1.00 e. The monoisotopic (exact) mass is 208 g/mol. The Bertz CT molecular complexity index is 120. The molecule has 0 saturated carbocycles. The Morgan fingerprint density at radius 2 is 1.80 bits per heavy atom. The molecule has 0 aromatic carbocycles. The van der Waals surface area contributed by atoms with Gasteiger partial charge in [-0.25, -0.2) is 0 Å². The molecular weight excluding hydrogens is 183 g/mol. The van der Waals surface area contributed by atoms with E-state index < -0.39 is 0 Å². The first kappa shape index (κ1) is 17.9. The van der Waals surface area contributed by atoms with Crippen molar-refractivity contribution in [3.8, 4) is 0 Å². The summed E-state index contributed by atoms with van der Waals surface area (Å²) < 4.78 is 5.79. The third kappa shape index (κ3) is 9.45. The van der Waals surface area contributed by atoms with Crippen LogP contribution in [0, 0.1) is 6.61 Å². The smallest absolute Gasteiger partial charge is 0.563 e. The zero-order valence-electron chi connectivity index (χ0n) is 10.8. The first-order valence-electron chi connectivity index (χ1n) is 5.91. The molecule has 0 rings (SSSR count). The molecule has 0 heterocycles. The standard InChI is InChI=1S/C12H25O2.Li/c1-4-7-9-12(10-13)14-11(6-3)8-5-2;/h10-13H,4-9H2,1-3H3;/q-1;+1. The van der Waals surface area contributed by atoms with Crippen LogP contribution in [-0.4, -0.2) is 17.3 Å². The van der Waals surface area contributed by atoms with Crippen LogP contribution in [-0.2, 0) is 4.74 Å². The number of aliphatic hydroxyl groups is 1. The van der Waals surface area contributed by atoms with Crippen molar-refractivity contribution in [2.75, 3.05) is 0 Å². The Kier molecular flexibility index (Phi) is 15.0. The minimum Gasteiger partial charge on any atom is -0.563 e. The van der Waals surface area contributed by atoms with Crippen LogP contribution < -0.4 is 18.9 Å². The molecule has 0 saturated heterocycles. The molecular formula is C12H25LiO2. The van der Waals surface area contributed by atoms with Crippen LogP contribution in [0.25, 0.3) is 0 Å². The normalized spacial score (nSPS) is 14.4. The molecule has 2 nitrogen and oxygen atoms in total. The molecule has 0 amide bonds. The van der Waals surface area contributed by atoms with Crippen LogP contribution in [0.2, 0.25) is 0 Å². The summed E-state index contributed by atoms with van der Waals surface area (Å²) in [5, 5.41) is 9.02. The topological polar surface area (TPSA) is 29.5 Å². The summed E-state index contributed by atoms with van der Waals surface area (Å²) in [4.78, 5) is 0. The summed E-state index contributed by atoms with van der Waals surface area (Å²) in [6.45, 7) is 7.65. The summed E-state index contributed by atoms with van der Waals surface area (Å²) in [5.41, 5.74) is 0. The molecule has 0 radical (unpaired) electrons. The molecule has 86 valence electrons. The van der Waals surface area contributed by atoms with Gasteiger partial charge in [0.05, 0.1) is 6.10 Å². The van der Waals surface area contributed by atoms with E-state index in [4.69, 9.17) is 9.84 Å². The molecule has 15 heavy (non-hydrogen) atoms. The summed E-state index contributed by atoms with van der Waals surface area (Å²) >= 11 is 0. The van der Waals surface area contributed by atoms with Crippen LogP contribution in [0.1, 0.15) is 59.3 Å². The van der Waals surface area contributed by atoms with Crippen molar-refractivity contribution in [2.24, 2.45) is 0 Å². The van der Waals surface area contributed by atoms with Crippen molar-refractivity contribution in [1.29, 1.82) is 0 Å². The first-order chi connectivity index (χ1) is 6.78. The van der Waals surface area contributed by atoms with Gasteiger partial charge in [-0.1, -0.05) is 46.5 Å². The number of aliphatic hydroxyl groups excluding tert-OH is 1. The van der Waals surface area contributed by atoms with Crippen molar-refractivity contribution in [3.63, 3.8) is 0 Å². The van der Waals surface area contributed by atoms with Crippen molar-refractivity contribution in [3.05, 3.63) is 6.61 Å². The second-order valence-electron chi connectivity index (χ2n) is 3.78. The average molecular weight is 208 g/mol. The Labute approximate surface area is 107 Å². The first-order valence-corrected chi connectivity index (χ1v) is 5.91. The van der Waals surface area contributed by atoms with Crippen molar-refractivity contribution >= 4 is 0 Å². The average Bonchev–Trinajstić information content (AvgIpc) is 2.22.